The van der Waals surface area contributed by atoms with Crippen LogP contribution in [0.25, 0.3) is 10.9 Å². The summed E-state index contributed by atoms with van der Waals surface area (Å²) in [4.78, 5) is 7.17. The van der Waals surface area contributed by atoms with E-state index in [1.54, 1.807) is 0 Å². The molecule has 0 radical (unpaired) electrons. The van der Waals surface area contributed by atoms with E-state index >= 15 is 0 Å². The van der Waals surface area contributed by atoms with Crippen LogP contribution in [0.2, 0.25) is 0 Å². The second-order valence-electron chi connectivity index (χ2n) is 7.16. The first-order chi connectivity index (χ1) is 11.4. The van der Waals surface area contributed by atoms with Crippen LogP contribution < -0.4 is 0 Å². The molecule has 4 rings (SSSR count). The lowest BCUT2D eigenvalue weighted by atomic mass is 9.96. The minimum Gasteiger partial charge on any atom is -0.381 e. The smallest absolute Gasteiger partial charge is 0.0704 e. The number of rotatable bonds is 4. The van der Waals surface area contributed by atoms with Crippen LogP contribution in [-0.2, 0) is 11.2 Å². The average molecular weight is 310 g/mol. The molecular weight excluding hydrogens is 284 g/mol. The van der Waals surface area contributed by atoms with Crippen LogP contribution >= 0.6 is 0 Å². The number of ether oxygens (including phenoxy) is 1. The van der Waals surface area contributed by atoms with Crippen LogP contribution in [-0.4, -0.2) is 42.7 Å². The van der Waals surface area contributed by atoms with Crippen molar-refractivity contribution in [1.82, 2.24) is 9.88 Å². The van der Waals surface area contributed by atoms with Crippen LogP contribution in [0, 0.1) is 11.8 Å². The number of nitrogens with zero attached hydrogens (tertiary/aromatic N) is 2. The van der Waals surface area contributed by atoms with E-state index < -0.39 is 0 Å². The molecule has 23 heavy (non-hydrogen) atoms. The van der Waals surface area contributed by atoms with Crippen molar-refractivity contribution < 1.29 is 4.74 Å². The van der Waals surface area contributed by atoms with E-state index in [0.29, 0.717) is 0 Å². The Balaban J connectivity index is 1.38. The lowest BCUT2D eigenvalue weighted by molar-refractivity contribution is 0.0551. The molecule has 3 heteroatoms. The fourth-order valence-corrected chi connectivity index (χ4v) is 4.18. The average Bonchev–Trinajstić information content (AvgIpc) is 3.03. The van der Waals surface area contributed by atoms with Gasteiger partial charge in [-0.2, -0.15) is 0 Å². The molecule has 122 valence electrons. The lowest BCUT2D eigenvalue weighted by Crippen LogP contribution is -2.31. The summed E-state index contributed by atoms with van der Waals surface area (Å²) >= 11 is 0. The molecule has 0 N–H and O–H groups in total. The summed E-state index contributed by atoms with van der Waals surface area (Å²) in [6, 6.07) is 10.7. The topological polar surface area (TPSA) is 25.4 Å². The molecule has 0 aliphatic carbocycles. The number of hydrogen-bond donors (Lipinski definition) is 0. The Morgan fingerprint density at radius 3 is 2.83 bits per heavy atom. The summed E-state index contributed by atoms with van der Waals surface area (Å²) in [6.07, 6.45) is 6.98. The third-order valence-corrected chi connectivity index (χ3v) is 5.48. The van der Waals surface area contributed by atoms with E-state index in [4.69, 9.17) is 4.74 Å². The Morgan fingerprint density at radius 1 is 1.04 bits per heavy atom. The van der Waals surface area contributed by atoms with Gasteiger partial charge in [-0.15, -0.1) is 0 Å². The van der Waals surface area contributed by atoms with Crippen molar-refractivity contribution in [1.29, 1.82) is 0 Å². The van der Waals surface area contributed by atoms with Gasteiger partial charge in [0.05, 0.1) is 5.52 Å². The third-order valence-electron chi connectivity index (χ3n) is 5.48. The van der Waals surface area contributed by atoms with E-state index in [1.807, 2.05) is 6.20 Å². The Bertz CT molecular complexity index is 646. The second kappa shape index (κ2) is 6.98. The van der Waals surface area contributed by atoms with Crippen LogP contribution in [0.5, 0.6) is 0 Å². The first-order valence-corrected chi connectivity index (χ1v) is 9.01. The van der Waals surface area contributed by atoms with Crippen LogP contribution in [0.1, 0.15) is 24.8 Å². The lowest BCUT2D eigenvalue weighted by Gasteiger charge is -2.27. The number of hydrogen-bond acceptors (Lipinski definition) is 3. The minimum atomic E-state index is 0.792. The molecule has 1 aromatic heterocycles. The van der Waals surface area contributed by atoms with Crippen molar-refractivity contribution in [2.75, 3.05) is 32.8 Å². The van der Waals surface area contributed by atoms with E-state index in [2.05, 4.69) is 40.2 Å². The Hall–Kier alpha value is -1.45. The predicted octanol–water partition coefficient (Wildman–Crippen LogP) is 3.53. The van der Waals surface area contributed by atoms with Gasteiger partial charge in [-0.25, -0.2) is 0 Å². The number of likely N-dealkylation sites (tertiary alicyclic amines) is 1. The van der Waals surface area contributed by atoms with E-state index in [9.17, 15) is 0 Å². The van der Waals surface area contributed by atoms with Gasteiger partial charge in [0, 0.05) is 37.9 Å². The highest BCUT2D eigenvalue weighted by atomic mass is 16.5. The first-order valence-electron chi connectivity index (χ1n) is 9.01. The van der Waals surface area contributed by atoms with Crippen molar-refractivity contribution in [2.45, 2.75) is 25.7 Å². The molecular formula is C20H26N2O. The fourth-order valence-electron chi connectivity index (χ4n) is 4.18. The monoisotopic (exact) mass is 310 g/mol. The van der Waals surface area contributed by atoms with Gasteiger partial charge in [0.1, 0.15) is 0 Å². The van der Waals surface area contributed by atoms with Gasteiger partial charge in [0.15, 0.2) is 0 Å². The molecule has 2 saturated heterocycles. The minimum absolute atomic E-state index is 0.792. The Kier molecular flexibility index (Phi) is 4.58. The van der Waals surface area contributed by atoms with E-state index in [0.717, 1.165) is 30.6 Å². The van der Waals surface area contributed by atoms with Crippen molar-refractivity contribution in [3.8, 4) is 0 Å². The van der Waals surface area contributed by atoms with Crippen molar-refractivity contribution in [3.05, 3.63) is 42.1 Å². The normalized spacial score (nSPS) is 23.6. The van der Waals surface area contributed by atoms with E-state index in [-0.39, 0.29) is 0 Å². The largest absolute Gasteiger partial charge is 0.381 e. The van der Waals surface area contributed by atoms with Gasteiger partial charge in [-0.05, 0) is 61.8 Å². The number of fused-ring (bicyclic) bond motifs is 1. The maximum absolute atomic E-state index is 5.48. The van der Waals surface area contributed by atoms with Gasteiger partial charge in [0.25, 0.3) is 0 Å². The summed E-state index contributed by atoms with van der Waals surface area (Å²) in [6.45, 7) is 5.73. The maximum Gasteiger partial charge on any atom is 0.0704 e. The summed E-state index contributed by atoms with van der Waals surface area (Å²) in [5, 5.41) is 1.33. The van der Waals surface area contributed by atoms with Crippen molar-refractivity contribution in [2.24, 2.45) is 11.8 Å². The number of benzene rings is 1. The molecule has 2 aliphatic rings. The highest BCUT2D eigenvalue weighted by Gasteiger charge is 2.26. The summed E-state index contributed by atoms with van der Waals surface area (Å²) in [5.74, 6) is 1.64. The quantitative estimate of drug-likeness (QED) is 0.864. The summed E-state index contributed by atoms with van der Waals surface area (Å²) < 4.78 is 5.48. The SMILES string of the molecule is c1ccc2c(CC3CCN(CC4CCOCC4)C3)ccnc2c1. The highest BCUT2D eigenvalue weighted by Crippen LogP contribution is 2.26. The van der Waals surface area contributed by atoms with Gasteiger partial charge in [-0.1, -0.05) is 18.2 Å². The molecule has 0 spiro atoms. The molecule has 2 aromatic rings. The predicted molar refractivity (Wildman–Crippen MR) is 93.5 cm³/mol. The Labute approximate surface area is 138 Å². The van der Waals surface area contributed by atoms with E-state index in [1.165, 1.54) is 56.3 Å². The zero-order valence-electron chi connectivity index (χ0n) is 13.8. The van der Waals surface area contributed by atoms with Crippen LogP contribution in [0.15, 0.2) is 36.5 Å². The molecule has 2 fully saturated rings. The van der Waals surface area contributed by atoms with Crippen molar-refractivity contribution in [3.63, 3.8) is 0 Å². The zero-order chi connectivity index (χ0) is 15.5. The third kappa shape index (κ3) is 3.56. The molecule has 1 atom stereocenters. The summed E-state index contributed by atoms with van der Waals surface area (Å²) in [7, 11) is 0. The van der Waals surface area contributed by atoms with Gasteiger partial charge in [-0.3, -0.25) is 4.98 Å². The number of pyridine rings is 1. The Morgan fingerprint density at radius 2 is 1.91 bits per heavy atom. The maximum atomic E-state index is 5.48. The molecule has 3 nitrogen and oxygen atoms in total. The first kappa shape index (κ1) is 15.1. The van der Waals surface area contributed by atoms with Crippen molar-refractivity contribution >= 4 is 10.9 Å². The molecule has 0 amide bonds. The highest BCUT2D eigenvalue weighted by molar-refractivity contribution is 5.81. The summed E-state index contributed by atoms with van der Waals surface area (Å²) in [5.41, 5.74) is 2.59. The van der Waals surface area contributed by atoms with Crippen LogP contribution in [0.4, 0.5) is 0 Å². The van der Waals surface area contributed by atoms with Gasteiger partial charge < -0.3 is 9.64 Å². The number of para-hydroxylation sites is 1. The van der Waals surface area contributed by atoms with Gasteiger partial charge in [0.2, 0.25) is 0 Å². The fraction of sp³-hybridized carbons (Fsp3) is 0.550. The second-order valence-corrected chi connectivity index (χ2v) is 7.16. The zero-order valence-corrected chi connectivity index (χ0v) is 13.8. The molecule has 2 aliphatic heterocycles. The van der Waals surface area contributed by atoms with Crippen LogP contribution in [0.3, 0.4) is 0 Å². The standard InChI is InChI=1S/C20H26N2O/c1-2-4-20-19(3-1)18(5-9-21-20)13-17-6-10-22(15-17)14-16-7-11-23-12-8-16/h1-5,9,16-17H,6-8,10-15H2. The molecule has 0 saturated carbocycles. The number of aromatic nitrogens is 1. The molecule has 0 bridgehead atoms. The molecule has 1 unspecified atom stereocenters. The molecule has 1 aromatic carbocycles. The molecule has 3 heterocycles. The van der Waals surface area contributed by atoms with Gasteiger partial charge >= 0.3 is 0 Å².